The Labute approximate surface area is 86.5 Å². The Hall–Kier alpha value is -1.54. The van der Waals surface area contributed by atoms with Crippen LogP contribution in [-0.4, -0.2) is 14.2 Å². The molecule has 0 bridgehead atoms. The lowest BCUT2D eigenvalue weighted by molar-refractivity contribution is 0.277. The quantitative estimate of drug-likeness (QED) is 0.673. The molecule has 1 rings (SSSR count). The van der Waals surface area contributed by atoms with Crippen LogP contribution in [0, 0.1) is 0 Å². The molecule has 0 saturated heterocycles. The molecule has 2 heteroatoms. The molecule has 2 nitrogen and oxygen atoms in total. The fraction of sp³-hybridized carbons (Fsp3) is 0.167. The molecule has 78 valence electrons. The normalized spacial score (nSPS) is 6.71. The molecular weight excluding hydrogens is 176 g/mol. The smallest absolute Gasteiger partial charge is 0.0829 e. The topological polar surface area (TPSA) is 18.5 Å². The summed E-state index contributed by atoms with van der Waals surface area (Å²) in [4.78, 5) is 0. The van der Waals surface area contributed by atoms with Gasteiger partial charge in [-0.05, 0) is 0 Å². The molecule has 0 heterocycles. The highest BCUT2D eigenvalue weighted by atomic mass is 16.5. The molecule has 0 saturated carbocycles. The van der Waals surface area contributed by atoms with Crippen LogP contribution in [0.25, 0.3) is 0 Å². The first-order chi connectivity index (χ1) is 6.83. The molecule has 1 aromatic carbocycles. The number of benzene rings is 1. The average Bonchev–Trinajstić information content (AvgIpc) is 2.24. The maximum atomic E-state index is 4.36. The van der Waals surface area contributed by atoms with Crippen LogP contribution in [0.1, 0.15) is 0 Å². The minimum Gasteiger partial charge on any atom is -0.474 e. The Bertz CT molecular complexity index is 162. The van der Waals surface area contributed by atoms with Gasteiger partial charge in [-0.25, -0.2) is 0 Å². The molecule has 0 aliphatic rings. The van der Waals surface area contributed by atoms with E-state index in [1.807, 2.05) is 36.4 Å². The average molecular weight is 194 g/mol. The third-order valence-corrected chi connectivity index (χ3v) is 0.859. The first-order valence-corrected chi connectivity index (χ1v) is 4.10. The third kappa shape index (κ3) is 22.4. The molecule has 0 N–H and O–H groups in total. The zero-order valence-corrected chi connectivity index (χ0v) is 8.85. The Morgan fingerprint density at radius 2 is 1.00 bits per heavy atom. The number of ether oxygens (including phenoxy) is 2. The van der Waals surface area contributed by atoms with Gasteiger partial charge >= 0.3 is 0 Å². The van der Waals surface area contributed by atoms with E-state index in [1.54, 1.807) is 14.2 Å². The Morgan fingerprint density at radius 1 is 0.786 bits per heavy atom. The van der Waals surface area contributed by atoms with Crippen molar-refractivity contribution in [1.82, 2.24) is 0 Å². The van der Waals surface area contributed by atoms with Gasteiger partial charge in [-0.2, -0.15) is 0 Å². The van der Waals surface area contributed by atoms with E-state index in [0.29, 0.717) is 0 Å². The summed E-state index contributed by atoms with van der Waals surface area (Å²) < 4.78 is 8.61. The number of hydrogen-bond donors (Lipinski definition) is 0. The van der Waals surface area contributed by atoms with E-state index in [4.69, 9.17) is 0 Å². The van der Waals surface area contributed by atoms with E-state index in [1.165, 1.54) is 12.5 Å². The van der Waals surface area contributed by atoms with Gasteiger partial charge in [0.05, 0.1) is 12.5 Å². The van der Waals surface area contributed by atoms with Gasteiger partial charge in [0.15, 0.2) is 0 Å². The van der Waals surface area contributed by atoms with Crippen molar-refractivity contribution >= 4 is 0 Å². The van der Waals surface area contributed by atoms with Crippen molar-refractivity contribution in [2.24, 2.45) is 0 Å². The fourth-order valence-corrected chi connectivity index (χ4v) is 0.453. The highest BCUT2D eigenvalue weighted by Gasteiger charge is 1.57. The van der Waals surface area contributed by atoms with Gasteiger partial charge in [-0.15, -0.1) is 0 Å². The van der Waals surface area contributed by atoms with Crippen LogP contribution >= 0.6 is 0 Å². The largest absolute Gasteiger partial charge is 0.474 e. The van der Waals surface area contributed by atoms with Gasteiger partial charge in [0.1, 0.15) is 0 Å². The minimum absolute atomic E-state index is 1.31. The Balaban J connectivity index is 0. The summed E-state index contributed by atoms with van der Waals surface area (Å²) in [6, 6.07) is 12.0. The van der Waals surface area contributed by atoms with E-state index in [0.717, 1.165) is 0 Å². The summed E-state index contributed by atoms with van der Waals surface area (Å²) in [5.41, 5.74) is 0. The van der Waals surface area contributed by atoms with Gasteiger partial charge in [0.2, 0.25) is 0 Å². The SMILES string of the molecule is C=COC=C.COC.c1ccccc1. The fourth-order valence-electron chi connectivity index (χ4n) is 0.453. The summed E-state index contributed by atoms with van der Waals surface area (Å²) in [7, 11) is 3.25. The van der Waals surface area contributed by atoms with Crippen LogP contribution in [0.2, 0.25) is 0 Å². The van der Waals surface area contributed by atoms with Crippen molar-refractivity contribution in [1.29, 1.82) is 0 Å². The van der Waals surface area contributed by atoms with Crippen molar-refractivity contribution in [3.05, 3.63) is 62.1 Å². The molecule has 0 radical (unpaired) electrons. The van der Waals surface area contributed by atoms with E-state index < -0.39 is 0 Å². The molecule has 1 aromatic rings. The zero-order chi connectivity index (χ0) is 11.1. The summed E-state index contributed by atoms with van der Waals surface area (Å²) in [5.74, 6) is 0. The number of rotatable bonds is 2. The van der Waals surface area contributed by atoms with E-state index in [9.17, 15) is 0 Å². The summed E-state index contributed by atoms with van der Waals surface area (Å²) in [5, 5.41) is 0. The molecule has 0 spiro atoms. The van der Waals surface area contributed by atoms with Gasteiger partial charge < -0.3 is 9.47 Å². The lowest BCUT2D eigenvalue weighted by Gasteiger charge is -1.76. The van der Waals surface area contributed by atoms with Crippen LogP contribution in [0.4, 0.5) is 0 Å². The second-order valence-electron chi connectivity index (χ2n) is 2.03. The molecule has 14 heavy (non-hydrogen) atoms. The minimum atomic E-state index is 1.31. The highest BCUT2D eigenvalue weighted by Crippen LogP contribution is 1.79. The lowest BCUT2D eigenvalue weighted by atomic mass is 10.4. The van der Waals surface area contributed by atoms with E-state index in [-0.39, 0.29) is 0 Å². The first-order valence-electron chi connectivity index (χ1n) is 4.10. The standard InChI is InChI=1S/C6H6.C4H6O.C2H6O/c1-2-4-6-5-3-1;1-3-5-4-2;1-3-2/h1-6H;3-4H,1-2H2;1-2H3. The summed E-state index contributed by atoms with van der Waals surface area (Å²) in [6.07, 6.45) is 2.62. The van der Waals surface area contributed by atoms with Crippen LogP contribution in [0.5, 0.6) is 0 Å². The number of methoxy groups -OCH3 is 1. The zero-order valence-electron chi connectivity index (χ0n) is 8.85. The van der Waals surface area contributed by atoms with Crippen LogP contribution in [0.3, 0.4) is 0 Å². The van der Waals surface area contributed by atoms with Crippen LogP contribution < -0.4 is 0 Å². The third-order valence-electron chi connectivity index (χ3n) is 0.859. The summed E-state index contributed by atoms with van der Waals surface area (Å²) in [6.45, 7) is 6.51. The van der Waals surface area contributed by atoms with Gasteiger partial charge in [-0.3, -0.25) is 0 Å². The van der Waals surface area contributed by atoms with Crippen molar-refractivity contribution in [2.75, 3.05) is 14.2 Å². The van der Waals surface area contributed by atoms with Crippen molar-refractivity contribution in [3.63, 3.8) is 0 Å². The molecule has 0 aromatic heterocycles. The predicted octanol–water partition coefficient (Wildman–Crippen LogP) is 3.24. The van der Waals surface area contributed by atoms with Crippen molar-refractivity contribution in [2.45, 2.75) is 0 Å². The predicted molar refractivity (Wildman–Crippen MR) is 60.9 cm³/mol. The second kappa shape index (κ2) is 17.5. The van der Waals surface area contributed by atoms with E-state index >= 15 is 0 Å². The van der Waals surface area contributed by atoms with Crippen LogP contribution in [0.15, 0.2) is 62.1 Å². The van der Waals surface area contributed by atoms with Crippen LogP contribution in [-0.2, 0) is 9.47 Å². The van der Waals surface area contributed by atoms with E-state index in [2.05, 4.69) is 22.6 Å². The molecule has 0 unspecified atom stereocenters. The monoisotopic (exact) mass is 194 g/mol. The first kappa shape index (κ1) is 15.0. The molecule has 0 amide bonds. The molecule has 0 atom stereocenters. The Morgan fingerprint density at radius 3 is 1.07 bits per heavy atom. The lowest BCUT2D eigenvalue weighted by Crippen LogP contribution is -1.55. The van der Waals surface area contributed by atoms with Gasteiger partial charge in [0, 0.05) is 14.2 Å². The Kier molecular flexibility index (Phi) is 18.7. The number of hydrogen-bond acceptors (Lipinski definition) is 2. The maximum Gasteiger partial charge on any atom is 0.0829 e. The second-order valence-corrected chi connectivity index (χ2v) is 2.03. The molecular formula is C12H18O2. The highest BCUT2D eigenvalue weighted by molar-refractivity contribution is 4.99. The molecule has 0 fully saturated rings. The molecule has 0 aliphatic heterocycles. The van der Waals surface area contributed by atoms with Crippen molar-refractivity contribution in [3.8, 4) is 0 Å². The maximum absolute atomic E-state index is 4.36. The van der Waals surface area contributed by atoms with Gasteiger partial charge in [0.25, 0.3) is 0 Å². The molecule has 0 aliphatic carbocycles. The van der Waals surface area contributed by atoms with Gasteiger partial charge in [-0.1, -0.05) is 49.6 Å². The van der Waals surface area contributed by atoms with Crippen molar-refractivity contribution < 1.29 is 9.47 Å². The summed E-state index contributed by atoms with van der Waals surface area (Å²) >= 11 is 0.